The van der Waals surface area contributed by atoms with Gasteiger partial charge < -0.3 is 54.3 Å². The highest BCUT2D eigenvalue weighted by atomic mass is 16.5. The monoisotopic (exact) mass is 762 g/mol. The van der Waals surface area contributed by atoms with Crippen molar-refractivity contribution in [1.82, 2.24) is 0 Å². The maximum absolute atomic E-state index is 10.5. The molecule has 0 heterocycles. The molecule has 0 aromatic heterocycles. The second-order valence-corrected chi connectivity index (χ2v) is 8.49. The summed E-state index contributed by atoms with van der Waals surface area (Å²) in [5.41, 5.74) is 0. The molecule has 0 saturated heterocycles. The predicted octanol–water partition coefficient (Wildman–Crippen LogP) is 1.68. The zero-order valence-corrected chi connectivity index (χ0v) is 30.4. The lowest BCUT2D eigenvalue weighted by Gasteiger charge is -1.97. The van der Waals surface area contributed by atoms with Gasteiger partial charge in [0.05, 0.1) is 97.2 Å². The molecular weight excluding hydrogens is 708 g/mol. The number of aliphatic hydroxyl groups is 1. The number of carboxylic acids is 5. The molecule has 0 aliphatic heterocycles. The Morgan fingerprint density at radius 1 is 0.288 bits per heavy atom. The van der Waals surface area contributed by atoms with Crippen molar-refractivity contribution >= 4 is 59.7 Å². The Morgan fingerprint density at radius 2 is 0.404 bits per heavy atom. The zero-order valence-electron chi connectivity index (χ0n) is 30.4. The third-order valence-electron chi connectivity index (χ3n) is 4.24. The van der Waals surface area contributed by atoms with Gasteiger partial charge in [0.25, 0.3) is 0 Å². The van der Waals surface area contributed by atoms with Gasteiger partial charge in [-0.15, -0.1) is 0 Å². The summed E-state index contributed by atoms with van der Waals surface area (Å²) < 4.78 is 22.5. The predicted molar refractivity (Wildman–Crippen MR) is 176 cm³/mol. The third kappa shape index (κ3) is 70.9. The van der Waals surface area contributed by atoms with Crippen LogP contribution >= 0.6 is 0 Å². The van der Waals surface area contributed by atoms with Gasteiger partial charge in [0.15, 0.2) is 0 Å². The molecule has 52 heavy (non-hydrogen) atoms. The number of carboxylic acid groups (broad SMARTS) is 5. The number of hydrogen-bond donors (Lipinski definition) is 6. The molecule has 0 spiro atoms. The highest BCUT2D eigenvalue weighted by Crippen LogP contribution is 1.94. The molecule has 0 rings (SSSR count). The summed E-state index contributed by atoms with van der Waals surface area (Å²) in [6.45, 7) is 9.92. The van der Waals surface area contributed by atoms with Crippen molar-refractivity contribution in [2.24, 2.45) is 0 Å². The average molecular weight is 763 g/mol. The van der Waals surface area contributed by atoms with Crippen molar-refractivity contribution in [3.63, 3.8) is 0 Å². The number of rotatable bonds is 20. The Hall–Kier alpha value is -5.34. The largest absolute Gasteiger partial charge is 0.481 e. The highest BCUT2D eigenvalue weighted by molar-refractivity contribution is 5.78. The lowest BCUT2D eigenvalue weighted by molar-refractivity contribution is -0.147. The Kier molecular flexibility index (Phi) is 51.7. The summed E-state index contributed by atoms with van der Waals surface area (Å²) in [6.07, 6.45) is -0.962. The fourth-order valence-corrected chi connectivity index (χ4v) is 2.21. The maximum Gasteiger partial charge on any atom is 0.306 e. The zero-order chi connectivity index (χ0) is 41.9. The van der Waals surface area contributed by atoms with E-state index in [1.54, 1.807) is 34.6 Å². The second-order valence-electron chi connectivity index (χ2n) is 8.49. The smallest absolute Gasteiger partial charge is 0.306 e. The van der Waals surface area contributed by atoms with E-state index in [1.807, 2.05) is 0 Å². The van der Waals surface area contributed by atoms with Crippen LogP contribution in [-0.2, 0) is 71.6 Å². The summed E-state index contributed by atoms with van der Waals surface area (Å²) in [7, 11) is 1.00. The lowest BCUT2D eigenvalue weighted by atomic mass is 10.3. The van der Waals surface area contributed by atoms with Crippen molar-refractivity contribution in [2.75, 3.05) is 40.1 Å². The van der Waals surface area contributed by atoms with Crippen molar-refractivity contribution in [3.05, 3.63) is 0 Å². The molecular formula is C31H54O21. The van der Waals surface area contributed by atoms with Crippen LogP contribution < -0.4 is 0 Å². The van der Waals surface area contributed by atoms with Gasteiger partial charge in [-0.25, -0.2) is 0 Å². The summed E-state index contributed by atoms with van der Waals surface area (Å²) in [5, 5.41) is 47.6. The first-order valence-electron chi connectivity index (χ1n) is 15.6. The minimum atomic E-state index is -0.979. The Balaban J connectivity index is -0.000000126. The first-order valence-corrected chi connectivity index (χ1v) is 15.6. The van der Waals surface area contributed by atoms with Gasteiger partial charge in [0.1, 0.15) is 0 Å². The molecule has 21 nitrogen and oxygen atoms in total. The number of carbonyl (C=O) groups excluding carboxylic acids is 5. The van der Waals surface area contributed by atoms with Crippen LogP contribution in [0.2, 0.25) is 0 Å². The highest BCUT2D eigenvalue weighted by Gasteiger charge is 2.07. The molecule has 0 atom stereocenters. The minimum absolute atomic E-state index is 0.0385. The van der Waals surface area contributed by atoms with Gasteiger partial charge in [-0.2, -0.15) is 0 Å². The minimum Gasteiger partial charge on any atom is -0.481 e. The van der Waals surface area contributed by atoms with Crippen LogP contribution in [-0.4, -0.2) is 130 Å². The number of ether oxygens (including phenoxy) is 5. The van der Waals surface area contributed by atoms with E-state index in [4.69, 9.17) is 30.6 Å². The molecule has 0 aromatic carbocycles. The summed E-state index contributed by atoms with van der Waals surface area (Å²) in [6, 6.07) is 0. The summed E-state index contributed by atoms with van der Waals surface area (Å²) in [5.74, 6) is -7.16. The van der Waals surface area contributed by atoms with Gasteiger partial charge >= 0.3 is 59.7 Å². The molecule has 6 N–H and O–H groups in total. The van der Waals surface area contributed by atoms with E-state index in [2.05, 4.69) is 23.7 Å². The molecule has 0 amide bonds. The SMILES string of the molecule is CCOC(=O)CCC(=O)O.CCOC(=O)CCC(=O)O.CCOC(=O)CCC(=O)O.CCOC(=O)CCC(=O)O.CCOC(=O)CCC(=O)O.CO. The van der Waals surface area contributed by atoms with Gasteiger partial charge in [-0.3, -0.25) is 47.9 Å². The van der Waals surface area contributed by atoms with Crippen LogP contribution in [0.25, 0.3) is 0 Å². The molecule has 0 saturated carbocycles. The van der Waals surface area contributed by atoms with E-state index in [0.29, 0.717) is 33.0 Å². The van der Waals surface area contributed by atoms with Crippen LogP contribution in [0, 0.1) is 0 Å². The van der Waals surface area contributed by atoms with E-state index in [-0.39, 0.29) is 64.2 Å². The van der Waals surface area contributed by atoms with Gasteiger partial charge in [-0.05, 0) is 34.6 Å². The van der Waals surface area contributed by atoms with Crippen molar-refractivity contribution in [2.45, 2.75) is 98.8 Å². The molecule has 0 bridgehead atoms. The molecule has 0 aliphatic rings. The van der Waals surface area contributed by atoms with Crippen LogP contribution in [0.1, 0.15) is 98.8 Å². The number of aliphatic hydroxyl groups excluding tert-OH is 1. The van der Waals surface area contributed by atoms with Crippen molar-refractivity contribution < 1.29 is 102 Å². The van der Waals surface area contributed by atoms with Crippen LogP contribution in [0.5, 0.6) is 0 Å². The van der Waals surface area contributed by atoms with E-state index in [1.165, 1.54) is 0 Å². The number of aliphatic carboxylic acids is 5. The Morgan fingerprint density at radius 3 is 0.481 bits per heavy atom. The second kappa shape index (κ2) is 45.7. The first-order chi connectivity index (χ1) is 24.3. The van der Waals surface area contributed by atoms with Crippen molar-refractivity contribution in [1.29, 1.82) is 0 Å². The standard InChI is InChI=1S/5C6H10O4.CH4O/c5*1-2-10-6(9)4-3-5(7)8;1-2/h5*2-4H2,1H3,(H,7,8);2H,1H3. The average Bonchev–Trinajstić information content (AvgIpc) is 3.06. The molecule has 0 unspecified atom stereocenters. The summed E-state index contributed by atoms with van der Waals surface area (Å²) >= 11 is 0. The van der Waals surface area contributed by atoms with Gasteiger partial charge in [0.2, 0.25) is 0 Å². The van der Waals surface area contributed by atoms with E-state index >= 15 is 0 Å². The molecule has 0 aromatic rings. The number of hydrogen-bond acceptors (Lipinski definition) is 16. The first kappa shape index (κ1) is 58.8. The Bertz CT molecular complexity index is 836. The van der Waals surface area contributed by atoms with E-state index < -0.39 is 59.7 Å². The quantitative estimate of drug-likeness (QED) is 0.0758. The van der Waals surface area contributed by atoms with Crippen molar-refractivity contribution in [3.8, 4) is 0 Å². The maximum atomic E-state index is 10.5. The van der Waals surface area contributed by atoms with Crippen LogP contribution in [0.15, 0.2) is 0 Å². The molecule has 0 radical (unpaired) electrons. The molecule has 304 valence electrons. The fraction of sp³-hybridized carbons (Fsp3) is 0.677. The Labute approximate surface area is 301 Å². The number of esters is 5. The number of carbonyl (C=O) groups is 10. The normalized spacial score (nSPS) is 8.67. The fourth-order valence-electron chi connectivity index (χ4n) is 2.21. The molecule has 0 aliphatic carbocycles. The lowest BCUT2D eigenvalue weighted by Crippen LogP contribution is -2.06. The van der Waals surface area contributed by atoms with Gasteiger partial charge in [0, 0.05) is 7.11 Å². The topological polar surface area (TPSA) is 338 Å². The molecule has 0 fully saturated rings. The van der Waals surface area contributed by atoms with E-state index in [9.17, 15) is 47.9 Å². The van der Waals surface area contributed by atoms with Crippen LogP contribution in [0.3, 0.4) is 0 Å². The summed E-state index contributed by atoms with van der Waals surface area (Å²) in [4.78, 5) is 102. The van der Waals surface area contributed by atoms with Gasteiger partial charge in [-0.1, -0.05) is 0 Å². The van der Waals surface area contributed by atoms with Crippen LogP contribution in [0.4, 0.5) is 0 Å². The van der Waals surface area contributed by atoms with E-state index in [0.717, 1.165) is 7.11 Å². The molecule has 21 heteroatoms. The third-order valence-corrected chi connectivity index (χ3v) is 4.24.